The normalized spacial score (nSPS) is 12.8. The number of unbranched alkanes of at least 4 members (excludes halogenated alkanes) is 47. The molecule has 0 rings (SSSR count). The molecule has 74 heavy (non-hydrogen) atoms. The van der Waals surface area contributed by atoms with Gasteiger partial charge in [-0.2, -0.15) is 0 Å². The molecular weight excluding hydrogens is 911 g/mol. The first-order chi connectivity index (χ1) is 36.5. The zero-order valence-electron chi connectivity index (χ0n) is 49.8. The van der Waals surface area contributed by atoms with Crippen molar-refractivity contribution in [1.29, 1.82) is 0 Å². The number of carbonyl (C=O) groups is 2. The number of rotatable bonds is 62. The van der Waals surface area contributed by atoms with Crippen molar-refractivity contribution in [3.63, 3.8) is 0 Å². The molecule has 0 radical (unpaired) electrons. The van der Waals surface area contributed by atoms with Crippen LogP contribution >= 0.6 is 0 Å². The molecule has 3 N–H and O–H groups in total. The molecule has 0 aromatic heterocycles. The fraction of sp³-hybridized carbons (Fsp3) is 0.882. The Labute approximate surface area is 462 Å². The number of hydrogen-bond donors (Lipinski definition) is 3. The molecule has 0 aliphatic rings. The van der Waals surface area contributed by atoms with Crippen LogP contribution < -0.4 is 5.32 Å². The van der Waals surface area contributed by atoms with Gasteiger partial charge in [0.1, 0.15) is 0 Å². The third kappa shape index (κ3) is 59.3. The molecule has 2 unspecified atom stereocenters. The summed E-state index contributed by atoms with van der Waals surface area (Å²) in [6, 6.07) is -0.627. The Hall–Kier alpha value is -1.92. The zero-order chi connectivity index (χ0) is 53.6. The maximum Gasteiger partial charge on any atom is 0.305 e. The van der Waals surface area contributed by atoms with Crippen molar-refractivity contribution in [1.82, 2.24) is 5.32 Å². The summed E-state index contributed by atoms with van der Waals surface area (Å²) >= 11 is 0. The topological polar surface area (TPSA) is 95.9 Å². The van der Waals surface area contributed by atoms with E-state index >= 15 is 0 Å². The van der Waals surface area contributed by atoms with Crippen molar-refractivity contribution in [3.8, 4) is 0 Å². The number of hydrogen-bond acceptors (Lipinski definition) is 5. The first-order valence-corrected chi connectivity index (χ1v) is 33.3. The lowest BCUT2D eigenvalue weighted by Gasteiger charge is -2.20. The molecule has 0 aromatic carbocycles. The van der Waals surface area contributed by atoms with Gasteiger partial charge in [-0.1, -0.05) is 320 Å². The maximum absolute atomic E-state index is 12.5. The lowest BCUT2D eigenvalue weighted by Crippen LogP contribution is -2.45. The van der Waals surface area contributed by atoms with Crippen LogP contribution in [0.1, 0.15) is 361 Å². The highest BCUT2D eigenvalue weighted by atomic mass is 16.5. The fourth-order valence-electron chi connectivity index (χ4n) is 10.3. The van der Waals surface area contributed by atoms with Crippen molar-refractivity contribution in [2.75, 3.05) is 13.2 Å². The van der Waals surface area contributed by atoms with Crippen molar-refractivity contribution in [2.24, 2.45) is 0 Å². The van der Waals surface area contributed by atoms with E-state index in [0.717, 1.165) is 51.4 Å². The Bertz CT molecular complexity index is 1200. The SMILES string of the molecule is CCCCCC/C=C\C/C=C\CCCCCCCCCC(=O)OCCCCCCCCCCCCCCCCCCCCCCCCCCC(=O)NC(CO)C(O)/C=C/CCCCCCCCCCCCCCC. The number of allylic oxidation sites excluding steroid dienone is 5. The number of nitrogens with one attached hydrogen (secondary N) is 1. The van der Waals surface area contributed by atoms with Gasteiger partial charge in [-0.25, -0.2) is 0 Å². The molecule has 0 aromatic rings. The Morgan fingerprint density at radius 3 is 1.04 bits per heavy atom. The zero-order valence-corrected chi connectivity index (χ0v) is 49.8. The van der Waals surface area contributed by atoms with Gasteiger partial charge in [-0.05, 0) is 64.2 Å². The van der Waals surface area contributed by atoms with Gasteiger partial charge in [0.15, 0.2) is 0 Å². The third-order valence-electron chi connectivity index (χ3n) is 15.4. The van der Waals surface area contributed by atoms with Crippen LogP contribution in [0, 0.1) is 0 Å². The molecule has 436 valence electrons. The molecular formula is C68H129NO5. The highest BCUT2D eigenvalue weighted by Crippen LogP contribution is 2.18. The van der Waals surface area contributed by atoms with Crippen LogP contribution in [0.15, 0.2) is 36.5 Å². The van der Waals surface area contributed by atoms with E-state index in [0.29, 0.717) is 19.4 Å². The molecule has 0 heterocycles. The lowest BCUT2D eigenvalue weighted by atomic mass is 10.0. The molecule has 0 aliphatic heterocycles. The van der Waals surface area contributed by atoms with Crippen LogP contribution in [-0.2, 0) is 14.3 Å². The third-order valence-corrected chi connectivity index (χ3v) is 15.4. The summed E-state index contributed by atoms with van der Waals surface area (Å²) in [7, 11) is 0. The molecule has 6 nitrogen and oxygen atoms in total. The largest absolute Gasteiger partial charge is 0.466 e. The minimum atomic E-state index is -0.844. The number of amides is 1. The van der Waals surface area contributed by atoms with Gasteiger partial charge >= 0.3 is 5.97 Å². The van der Waals surface area contributed by atoms with Gasteiger partial charge in [0, 0.05) is 12.8 Å². The minimum Gasteiger partial charge on any atom is -0.466 e. The Balaban J connectivity index is 3.38. The quantitative estimate of drug-likeness (QED) is 0.0320. The summed E-state index contributed by atoms with van der Waals surface area (Å²) in [5, 5.41) is 23.1. The van der Waals surface area contributed by atoms with Gasteiger partial charge in [0.05, 0.1) is 25.4 Å². The number of ether oxygens (including phenoxy) is 1. The summed E-state index contributed by atoms with van der Waals surface area (Å²) in [6.07, 6.45) is 80.6. The minimum absolute atomic E-state index is 0.00789. The number of carbonyl (C=O) groups excluding carboxylic acids is 2. The predicted molar refractivity (Wildman–Crippen MR) is 324 cm³/mol. The number of aliphatic hydroxyl groups excluding tert-OH is 2. The van der Waals surface area contributed by atoms with Crippen LogP contribution in [0.2, 0.25) is 0 Å². The highest BCUT2D eigenvalue weighted by Gasteiger charge is 2.18. The molecule has 2 atom stereocenters. The van der Waals surface area contributed by atoms with E-state index in [1.54, 1.807) is 6.08 Å². The summed E-state index contributed by atoms with van der Waals surface area (Å²) < 4.78 is 5.50. The fourth-order valence-corrected chi connectivity index (χ4v) is 10.3. The molecule has 0 saturated heterocycles. The van der Waals surface area contributed by atoms with Gasteiger partial charge < -0.3 is 20.3 Å². The second-order valence-corrected chi connectivity index (χ2v) is 22.8. The van der Waals surface area contributed by atoms with Crippen molar-refractivity contribution < 1.29 is 24.5 Å². The van der Waals surface area contributed by atoms with Crippen molar-refractivity contribution in [2.45, 2.75) is 373 Å². The van der Waals surface area contributed by atoms with Gasteiger partial charge in [-0.15, -0.1) is 0 Å². The summed E-state index contributed by atoms with van der Waals surface area (Å²) in [5.74, 6) is -0.0573. The van der Waals surface area contributed by atoms with E-state index in [-0.39, 0.29) is 18.5 Å². The van der Waals surface area contributed by atoms with Gasteiger partial charge in [-0.3, -0.25) is 9.59 Å². The molecule has 0 saturated carbocycles. The predicted octanol–water partition coefficient (Wildman–Crippen LogP) is 21.1. The highest BCUT2D eigenvalue weighted by molar-refractivity contribution is 5.76. The number of aliphatic hydroxyl groups is 2. The van der Waals surface area contributed by atoms with E-state index in [1.807, 2.05) is 6.08 Å². The number of esters is 1. The average molecular weight is 1040 g/mol. The van der Waals surface area contributed by atoms with E-state index in [4.69, 9.17) is 4.74 Å². The smallest absolute Gasteiger partial charge is 0.305 e. The van der Waals surface area contributed by atoms with Gasteiger partial charge in [0.2, 0.25) is 5.91 Å². The molecule has 0 fully saturated rings. The van der Waals surface area contributed by atoms with Crippen molar-refractivity contribution in [3.05, 3.63) is 36.5 Å². The van der Waals surface area contributed by atoms with E-state index in [9.17, 15) is 19.8 Å². The Morgan fingerprint density at radius 1 is 0.378 bits per heavy atom. The molecule has 0 spiro atoms. The van der Waals surface area contributed by atoms with Crippen LogP contribution in [0.5, 0.6) is 0 Å². The van der Waals surface area contributed by atoms with E-state index < -0.39 is 12.1 Å². The summed E-state index contributed by atoms with van der Waals surface area (Å²) in [4.78, 5) is 24.6. The second-order valence-electron chi connectivity index (χ2n) is 22.8. The molecule has 0 aliphatic carbocycles. The van der Waals surface area contributed by atoms with Crippen LogP contribution in [0.3, 0.4) is 0 Å². The van der Waals surface area contributed by atoms with Crippen LogP contribution in [0.25, 0.3) is 0 Å². The maximum atomic E-state index is 12.5. The van der Waals surface area contributed by atoms with Crippen molar-refractivity contribution >= 4 is 11.9 Å². The average Bonchev–Trinajstić information content (AvgIpc) is 3.40. The second kappa shape index (κ2) is 63.6. The summed E-state index contributed by atoms with van der Waals surface area (Å²) in [5.41, 5.74) is 0. The molecule has 6 heteroatoms. The first kappa shape index (κ1) is 72.1. The van der Waals surface area contributed by atoms with Gasteiger partial charge in [0.25, 0.3) is 0 Å². The molecule has 0 bridgehead atoms. The first-order valence-electron chi connectivity index (χ1n) is 33.3. The lowest BCUT2D eigenvalue weighted by molar-refractivity contribution is -0.143. The van der Waals surface area contributed by atoms with Crippen LogP contribution in [0.4, 0.5) is 0 Å². The monoisotopic (exact) mass is 1040 g/mol. The van der Waals surface area contributed by atoms with E-state index in [1.165, 1.54) is 283 Å². The van der Waals surface area contributed by atoms with Crippen LogP contribution in [-0.4, -0.2) is 47.4 Å². The van der Waals surface area contributed by atoms with E-state index in [2.05, 4.69) is 43.5 Å². The summed E-state index contributed by atoms with van der Waals surface area (Å²) in [6.45, 7) is 4.90. The Kier molecular flexibility index (Phi) is 62.0. The Morgan fingerprint density at radius 2 is 0.676 bits per heavy atom. The molecule has 1 amide bonds. The standard InChI is InChI=1S/C68H129NO5/c1-3-5-7-9-11-13-15-17-19-20-30-34-38-42-46-50-54-58-62-68(73)74-63-59-55-51-47-43-39-35-31-28-26-24-22-21-23-25-27-29-33-37-41-45-49-53-57-61-67(72)69-65(64-70)66(71)60-56-52-48-44-40-36-32-18-16-14-12-10-8-6-4-2/h13,15,19-20,56,60,65-66,70-71H,3-12,14,16-18,21-55,57-59,61-64H2,1-2H3,(H,69,72)/b15-13-,20-19-,60-56+.